The molecule has 1 aromatic heterocycles. The molecule has 0 unspecified atom stereocenters. The van der Waals surface area contributed by atoms with Gasteiger partial charge in [-0.05, 0) is 44.3 Å². The highest BCUT2D eigenvalue weighted by atomic mass is 32.1. The molecule has 17 heavy (non-hydrogen) atoms. The molecule has 0 saturated heterocycles. The van der Waals surface area contributed by atoms with E-state index in [1.807, 2.05) is 44.2 Å². The Bertz CT molecular complexity index is 563. The van der Waals surface area contributed by atoms with Crippen LogP contribution in [-0.2, 0) is 0 Å². The van der Waals surface area contributed by atoms with Gasteiger partial charge in [0.1, 0.15) is 5.75 Å². The SMILES string of the molecule is CC(C)Oc1cccc(-c2ccnc(=S)[nH]2)c1. The summed E-state index contributed by atoms with van der Waals surface area (Å²) in [5, 5.41) is 0. The summed E-state index contributed by atoms with van der Waals surface area (Å²) in [7, 11) is 0. The van der Waals surface area contributed by atoms with Crippen LogP contribution < -0.4 is 4.74 Å². The van der Waals surface area contributed by atoms with Crippen LogP contribution in [0.15, 0.2) is 36.5 Å². The molecule has 2 aromatic rings. The Balaban J connectivity index is 2.36. The average molecular weight is 246 g/mol. The fraction of sp³-hybridized carbons (Fsp3) is 0.231. The third kappa shape index (κ3) is 3.14. The van der Waals surface area contributed by atoms with Crippen LogP contribution in [0, 0.1) is 4.77 Å². The van der Waals surface area contributed by atoms with Crippen molar-refractivity contribution in [2.24, 2.45) is 0 Å². The van der Waals surface area contributed by atoms with Gasteiger partial charge >= 0.3 is 0 Å². The first-order chi connectivity index (χ1) is 8.15. The zero-order valence-electron chi connectivity index (χ0n) is 9.81. The number of aromatic amines is 1. The average Bonchev–Trinajstić information content (AvgIpc) is 2.28. The molecular weight excluding hydrogens is 232 g/mol. The van der Waals surface area contributed by atoms with Crippen LogP contribution in [0.5, 0.6) is 5.75 Å². The number of hydrogen-bond donors (Lipinski definition) is 1. The van der Waals surface area contributed by atoms with E-state index in [1.54, 1.807) is 6.20 Å². The number of nitrogens with zero attached hydrogens (tertiary/aromatic N) is 1. The van der Waals surface area contributed by atoms with Gasteiger partial charge in [0.15, 0.2) is 4.77 Å². The molecule has 0 radical (unpaired) electrons. The molecule has 0 spiro atoms. The number of nitrogens with one attached hydrogen (secondary N) is 1. The van der Waals surface area contributed by atoms with Crippen molar-refractivity contribution < 1.29 is 4.74 Å². The lowest BCUT2D eigenvalue weighted by molar-refractivity contribution is 0.242. The van der Waals surface area contributed by atoms with Gasteiger partial charge in [0, 0.05) is 17.5 Å². The van der Waals surface area contributed by atoms with E-state index in [1.165, 1.54) is 0 Å². The van der Waals surface area contributed by atoms with E-state index >= 15 is 0 Å². The maximum Gasteiger partial charge on any atom is 0.197 e. The number of H-pyrrole nitrogens is 1. The second-order valence-corrected chi connectivity index (χ2v) is 4.37. The minimum atomic E-state index is 0.168. The van der Waals surface area contributed by atoms with Crippen molar-refractivity contribution in [3.8, 4) is 17.0 Å². The third-order valence-corrected chi connectivity index (χ3v) is 2.40. The summed E-state index contributed by atoms with van der Waals surface area (Å²) in [5.41, 5.74) is 1.98. The first kappa shape index (κ1) is 11.8. The van der Waals surface area contributed by atoms with Crippen molar-refractivity contribution in [1.29, 1.82) is 0 Å². The molecule has 1 heterocycles. The molecule has 3 nitrogen and oxygen atoms in total. The smallest absolute Gasteiger partial charge is 0.197 e. The second kappa shape index (κ2) is 5.10. The Morgan fingerprint density at radius 2 is 2.12 bits per heavy atom. The van der Waals surface area contributed by atoms with Crippen LogP contribution >= 0.6 is 12.2 Å². The van der Waals surface area contributed by atoms with Gasteiger partial charge in [-0.25, -0.2) is 4.98 Å². The van der Waals surface area contributed by atoms with E-state index in [0.29, 0.717) is 4.77 Å². The molecule has 0 atom stereocenters. The molecule has 0 bridgehead atoms. The van der Waals surface area contributed by atoms with Crippen LogP contribution in [0.1, 0.15) is 13.8 Å². The Morgan fingerprint density at radius 3 is 2.82 bits per heavy atom. The maximum atomic E-state index is 5.65. The highest BCUT2D eigenvalue weighted by molar-refractivity contribution is 7.71. The molecule has 4 heteroatoms. The zero-order chi connectivity index (χ0) is 12.3. The van der Waals surface area contributed by atoms with Crippen molar-refractivity contribution in [2.45, 2.75) is 20.0 Å². The van der Waals surface area contributed by atoms with E-state index in [-0.39, 0.29) is 6.10 Å². The number of hydrogen-bond acceptors (Lipinski definition) is 3. The molecule has 2 rings (SSSR count). The number of rotatable bonds is 3. The van der Waals surface area contributed by atoms with Crippen molar-refractivity contribution in [2.75, 3.05) is 0 Å². The van der Waals surface area contributed by atoms with Gasteiger partial charge < -0.3 is 9.72 Å². The first-order valence-corrected chi connectivity index (χ1v) is 5.88. The van der Waals surface area contributed by atoms with E-state index in [4.69, 9.17) is 17.0 Å². The van der Waals surface area contributed by atoms with Gasteiger partial charge in [-0.3, -0.25) is 0 Å². The summed E-state index contributed by atoms with van der Waals surface area (Å²) in [5.74, 6) is 0.855. The summed E-state index contributed by atoms with van der Waals surface area (Å²) in [6.45, 7) is 4.01. The van der Waals surface area contributed by atoms with Crippen molar-refractivity contribution >= 4 is 12.2 Å². The summed E-state index contributed by atoms with van der Waals surface area (Å²) < 4.78 is 6.13. The number of aromatic nitrogens is 2. The topological polar surface area (TPSA) is 37.9 Å². The van der Waals surface area contributed by atoms with Crippen LogP contribution in [0.4, 0.5) is 0 Å². The molecule has 0 amide bonds. The van der Waals surface area contributed by atoms with Crippen molar-refractivity contribution in [3.05, 3.63) is 41.3 Å². The van der Waals surface area contributed by atoms with Gasteiger partial charge in [-0.1, -0.05) is 12.1 Å². The minimum absolute atomic E-state index is 0.168. The molecule has 0 aliphatic rings. The quantitative estimate of drug-likeness (QED) is 0.841. The summed E-state index contributed by atoms with van der Waals surface area (Å²) in [4.78, 5) is 7.02. The normalized spacial score (nSPS) is 10.5. The predicted molar refractivity (Wildman–Crippen MR) is 70.6 cm³/mol. The number of benzene rings is 1. The molecule has 1 aromatic carbocycles. The zero-order valence-corrected chi connectivity index (χ0v) is 10.6. The third-order valence-electron chi connectivity index (χ3n) is 2.19. The molecule has 0 aliphatic carbocycles. The van der Waals surface area contributed by atoms with Crippen LogP contribution in [0.25, 0.3) is 11.3 Å². The molecule has 0 fully saturated rings. The molecular formula is C13H14N2OS. The van der Waals surface area contributed by atoms with E-state index in [0.717, 1.165) is 17.0 Å². The van der Waals surface area contributed by atoms with Gasteiger partial charge in [0.25, 0.3) is 0 Å². The summed E-state index contributed by atoms with van der Waals surface area (Å²) in [6.07, 6.45) is 1.87. The Labute approximate surface area is 105 Å². The fourth-order valence-corrected chi connectivity index (χ4v) is 1.72. The first-order valence-electron chi connectivity index (χ1n) is 5.47. The maximum absolute atomic E-state index is 5.65. The lowest BCUT2D eigenvalue weighted by Gasteiger charge is -2.10. The molecule has 0 saturated carbocycles. The summed E-state index contributed by atoms with van der Waals surface area (Å²) >= 11 is 5.00. The highest BCUT2D eigenvalue weighted by Crippen LogP contribution is 2.22. The van der Waals surface area contributed by atoms with Gasteiger partial charge in [0.05, 0.1) is 6.10 Å². The summed E-state index contributed by atoms with van der Waals surface area (Å²) in [6, 6.07) is 9.79. The van der Waals surface area contributed by atoms with Crippen LogP contribution in [0.2, 0.25) is 0 Å². The molecule has 0 aliphatic heterocycles. The lowest BCUT2D eigenvalue weighted by atomic mass is 10.1. The minimum Gasteiger partial charge on any atom is -0.491 e. The van der Waals surface area contributed by atoms with Crippen molar-refractivity contribution in [1.82, 2.24) is 9.97 Å². The van der Waals surface area contributed by atoms with Gasteiger partial charge in [0.2, 0.25) is 0 Å². The standard InChI is InChI=1S/C13H14N2OS/c1-9(2)16-11-5-3-4-10(8-11)12-6-7-14-13(17)15-12/h3-9H,1-2H3,(H,14,15,17). The highest BCUT2D eigenvalue weighted by Gasteiger charge is 2.01. The van der Waals surface area contributed by atoms with Crippen molar-refractivity contribution in [3.63, 3.8) is 0 Å². The number of ether oxygens (including phenoxy) is 1. The van der Waals surface area contributed by atoms with E-state index in [9.17, 15) is 0 Å². The monoisotopic (exact) mass is 246 g/mol. The Hall–Kier alpha value is -1.68. The van der Waals surface area contributed by atoms with Gasteiger partial charge in [-0.2, -0.15) is 0 Å². The molecule has 1 N–H and O–H groups in total. The largest absolute Gasteiger partial charge is 0.491 e. The molecule has 88 valence electrons. The van der Waals surface area contributed by atoms with E-state index in [2.05, 4.69) is 9.97 Å². The van der Waals surface area contributed by atoms with E-state index < -0.39 is 0 Å². The van der Waals surface area contributed by atoms with Crippen LogP contribution in [-0.4, -0.2) is 16.1 Å². The Kier molecular flexibility index (Phi) is 3.54. The van der Waals surface area contributed by atoms with Gasteiger partial charge in [-0.15, -0.1) is 0 Å². The predicted octanol–water partition coefficient (Wildman–Crippen LogP) is 3.59. The fourth-order valence-electron chi connectivity index (χ4n) is 1.55. The lowest BCUT2D eigenvalue weighted by Crippen LogP contribution is -2.05. The second-order valence-electron chi connectivity index (χ2n) is 3.98. The van der Waals surface area contributed by atoms with Crippen LogP contribution in [0.3, 0.4) is 0 Å². The Morgan fingerprint density at radius 1 is 1.29 bits per heavy atom.